The predicted molar refractivity (Wildman–Crippen MR) is 53.8 cm³/mol. The molecule has 0 spiro atoms. The lowest BCUT2D eigenvalue weighted by Gasteiger charge is -2.22. The van der Waals surface area contributed by atoms with Gasteiger partial charge in [0.2, 0.25) is 0 Å². The molecule has 0 unspecified atom stereocenters. The average molecular weight is 195 g/mol. The second kappa shape index (κ2) is 3.56. The Morgan fingerprint density at radius 3 is 2.43 bits per heavy atom. The van der Waals surface area contributed by atoms with Crippen LogP contribution in [0, 0.1) is 6.92 Å². The van der Waals surface area contributed by atoms with Crippen LogP contribution in [0.25, 0.3) is 0 Å². The van der Waals surface area contributed by atoms with Crippen LogP contribution < -0.4 is 0 Å². The first kappa shape index (κ1) is 9.44. The van der Waals surface area contributed by atoms with E-state index in [-0.39, 0.29) is 5.75 Å². The highest BCUT2D eigenvalue weighted by Crippen LogP contribution is 2.37. The third kappa shape index (κ3) is 1.47. The molecule has 0 aliphatic heterocycles. The molecule has 1 aromatic heterocycles. The third-order valence-corrected chi connectivity index (χ3v) is 3.25. The van der Waals surface area contributed by atoms with Gasteiger partial charge in [-0.15, -0.1) is 0 Å². The largest absolute Gasteiger partial charge is 0.506 e. The first-order chi connectivity index (χ1) is 6.70. The van der Waals surface area contributed by atoms with E-state index in [1.807, 2.05) is 6.92 Å². The molecule has 0 radical (unpaired) electrons. The van der Waals surface area contributed by atoms with Crippen molar-refractivity contribution in [2.45, 2.75) is 44.9 Å². The maximum absolute atomic E-state index is 9.62. The van der Waals surface area contributed by atoms with Crippen molar-refractivity contribution in [2.24, 2.45) is 0 Å². The Bertz CT molecular complexity index is 324. The molecule has 78 valence electrons. The minimum atomic E-state index is 0.202. The maximum atomic E-state index is 9.62. The van der Waals surface area contributed by atoms with Crippen molar-refractivity contribution in [3.63, 3.8) is 0 Å². The summed E-state index contributed by atoms with van der Waals surface area (Å²) in [5.74, 6) is 0.628. The molecule has 14 heavy (non-hydrogen) atoms. The molecule has 1 heterocycles. The van der Waals surface area contributed by atoms with E-state index in [9.17, 15) is 10.3 Å². The second-order valence-corrected chi connectivity index (χ2v) is 4.20. The van der Waals surface area contributed by atoms with E-state index in [1.54, 1.807) is 0 Å². The summed E-state index contributed by atoms with van der Waals surface area (Å²) in [6.07, 6.45) is 7.41. The number of rotatable bonds is 1. The van der Waals surface area contributed by atoms with Crippen LogP contribution in [-0.2, 0) is 0 Å². The van der Waals surface area contributed by atoms with Gasteiger partial charge in [0.1, 0.15) is 5.75 Å². The van der Waals surface area contributed by atoms with E-state index in [2.05, 4.69) is 0 Å². The zero-order valence-electron chi connectivity index (χ0n) is 8.53. The monoisotopic (exact) mass is 195 g/mol. The molecule has 2 rings (SSSR count). The Labute approximate surface area is 83.9 Å². The highest BCUT2D eigenvalue weighted by atomic mass is 16.5. The minimum absolute atomic E-state index is 0.202. The first-order valence-electron chi connectivity index (χ1n) is 5.30. The molecule has 2 N–H and O–H groups in total. The van der Waals surface area contributed by atoms with Crippen LogP contribution in [-0.4, -0.2) is 15.0 Å². The molecule has 0 aromatic carbocycles. The van der Waals surface area contributed by atoms with E-state index >= 15 is 0 Å². The van der Waals surface area contributed by atoms with E-state index in [1.165, 1.54) is 25.5 Å². The molecule has 0 bridgehead atoms. The molecule has 1 aliphatic rings. The number of aromatic hydroxyl groups is 1. The summed E-state index contributed by atoms with van der Waals surface area (Å²) in [4.78, 5) is 0. The van der Waals surface area contributed by atoms with E-state index < -0.39 is 0 Å². The fraction of sp³-hybridized carbons (Fsp3) is 0.636. The van der Waals surface area contributed by atoms with Gasteiger partial charge in [-0.05, 0) is 19.8 Å². The summed E-state index contributed by atoms with van der Waals surface area (Å²) in [5.41, 5.74) is 1.74. The van der Waals surface area contributed by atoms with Crippen molar-refractivity contribution in [3.8, 4) is 5.75 Å². The van der Waals surface area contributed by atoms with Gasteiger partial charge in [0.15, 0.2) is 0 Å². The van der Waals surface area contributed by atoms with Crippen molar-refractivity contribution >= 4 is 0 Å². The summed E-state index contributed by atoms with van der Waals surface area (Å²) >= 11 is 0. The van der Waals surface area contributed by atoms with Gasteiger partial charge in [0.05, 0.1) is 11.9 Å². The van der Waals surface area contributed by atoms with E-state index in [0.29, 0.717) is 5.92 Å². The molecule has 3 nitrogen and oxygen atoms in total. The van der Waals surface area contributed by atoms with Crippen LogP contribution in [0.2, 0.25) is 0 Å². The second-order valence-electron chi connectivity index (χ2n) is 4.20. The van der Waals surface area contributed by atoms with Gasteiger partial charge in [-0.1, -0.05) is 19.3 Å². The highest BCUT2D eigenvalue weighted by Gasteiger charge is 2.22. The lowest BCUT2D eigenvalue weighted by atomic mass is 9.86. The average Bonchev–Trinajstić information content (AvgIpc) is 2.43. The Kier molecular flexibility index (Phi) is 2.40. The predicted octanol–water partition coefficient (Wildman–Crippen LogP) is 2.79. The molecule has 1 aliphatic carbocycles. The molecular formula is C11H17NO2. The fourth-order valence-corrected chi connectivity index (χ4v) is 2.45. The van der Waals surface area contributed by atoms with Crippen LogP contribution >= 0.6 is 0 Å². The lowest BCUT2D eigenvalue weighted by molar-refractivity contribution is 0.168. The summed E-state index contributed by atoms with van der Waals surface area (Å²) < 4.78 is 1.10. The molecule has 0 atom stereocenters. The van der Waals surface area contributed by atoms with Gasteiger partial charge in [-0.25, -0.2) is 0 Å². The number of aromatic nitrogens is 1. The Hall–Kier alpha value is -1.12. The minimum Gasteiger partial charge on any atom is -0.506 e. The smallest absolute Gasteiger partial charge is 0.140 e. The van der Waals surface area contributed by atoms with Gasteiger partial charge < -0.3 is 10.3 Å². The van der Waals surface area contributed by atoms with Gasteiger partial charge >= 0.3 is 0 Å². The standard InChI is InChI=1S/C11H17NO2/c1-8-10(13)7-12(14)11(8)9-5-3-2-4-6-9/h7,9,13-14H,2-6H2,1H3. The zero-order chi connectivity index (χ0) is 10.1. The van der Waals surface area contributed by atoms with Crippen molar-refractivity contribution in [1.29, 1.82) is 0 Å². The maximum Gasteiger partial charge on any atom is 0.140 e. The number of nitrogens with zero attached hydrogens (tertiary/aromatic N) is 1. The summed E-state index contributed by atoms with van der Waals surface area (Å²) in [6, 6.07) is 0. The molecule has 1 aromatic rings. The van der Waals surface area contributed by atoms with E-state index in [0.717, 1.165) is 28.8 Å². The molecule has 0 saturated heterocycles. The Balaban J connectivity index is 2.29. The molecule has 1 saturated carbocycles. The van der Waals surface area contributed by atoms with Crippen LogP contribution in [0.1, 0.15) is 49.3 Å². The summed E-state index contributed by atoms with van der Waals surface area (Å²) in [5, 5.41) is 19.1. The topological polar surface area (TPSA) is 45.4 Å². The molecular weight excluding hydrogens is 178 g/mol. The van der Waals surface area contributed by atoms with Gasteiger partial charge in [0, 0.05) is 11.5 Å². The third-order valence-electron chi connectivity index (χ3n) is 3.25. The SMILES string of the molecule is Cc1c(O)cn(O)c1C1CCCCC1. The molecule has 3 heteroatoms. The summed E-state index contributed by atoms with van der Waals surface area (Å²) in [6.45, 7) is 1.87. The first-order valence-corrected chi connectivity index (χ1v) is 5.30. The van der Waals surface area contributed by atoms with Gasteiger partial charge in [0.25, 0.3) is 0 Å². The normalized spacial score (nSPS) is 18.6. The van der Waals surface area contributed by atoms with Crippen LogP contribution in [0.15, 0.2) is 6.20 Å². The Morgan fingerprint density at radius 1 is 1.29 bits per heavy atom. The van der Waals surface area contributed by atoms with Crippen molar-refractivity contribution < 1.29 is 10.3 Å². The lowest BCUT2D eigenvalue weighted by Crippen LogP contribution is -2.10. The van der Waals surface area contributed by atoms with Crippen molar-refractivity contribution in [3.05, 3.63) is 17.5 Å². The number of hydrogen-bond donors (Lipinski definition) is 2. The van der Waals surface area contributed by atoms with Gasteiger partial charge in [-0.3, -0.25) is 0 Å². The quantitative estimate of drug-likeness (QED) is 0.677. The van der Waals surface area contributed by atoms with Crippen LogP contribution in [0.3, 0.4) is 0 Å². The number of hydrogen-bond acceptors (Lipinski definition) is 2. The van der Waals surface area contributed by atoms with Crippen LogP contribution in [0.4, 0.5) is 0 Å². The molecule has 0 amide bonds. The van der Waals surface area contributed by atoms with Crippen molar-refractivity contribution in [2.75, 3.05) is 0 Å². The van der Waals surface area contributed by atoms with Crippen LogP contribution in [0.5, 0.6) is 5.75 Å². The zero-order valence-corrected chi connectivity index (χ0v) is 8.53. The van der Waals surface area contributed by atoms with Crippen molar-refractivity contribution in [1.82, 2.24) is 4.73 Å². The van der Waals surface area contributed by atoms with E-state index in [4.69, 9.17) is 0 Å². The summed E-state index contributed by atoms with van der Waals surface area (Å²) in [7, 11) is 0. The fourth-order valence-electron chi connectivity index (χ4n) is 2.45. The van der Waals surface area contributed by atoms with Gasteiger partial charge in [-0.2, -0.15) is 4.73 Å². The molecule has 1 fully saturated rings. The highest BCUT2D eigenvalue weighted by molar-refractivity contribution is 5.36. The Morgan fingerprint density at radius 2 is 1.93 bits per heavy atom.